The lowest BCUT2D eigenvalue weighted by Crippen LogP contribution is -2.15. The van der Waals surface area contributed by atoms with Crippen molar-refractivity contribution in [3.05, 3.63) is 28.3 Å². The topological polar surface area (TPSA) is 9.23 Å². The normalized spacial score (nSPS) is 22.4. The molecule has 1 aromatic carbocycles. The SMILES string of the molecule is CC(C)(C)C1CCc2c1ccc(Cl)c2OCC1CC1. The van der Waals surface area contributed by atoms with Gasteiger partial charge in [0.2, 0.25) is 0 Å². The second-order valence-corrected chi connectivity index (χ2v) is 7.56. The first kappa shape index (κ1) is 13.3. The van der Waals surface area contributed by atoms with Crippen LogP contribution in [-0.2, 0) is 6.42 Å². The summed E-state index contributed by atoms with van der Waals surface area (Å²) in [5.41, 5.74) is 3.14. The molecule has 1 saturated carbocycles. The van der Waals surface area contributed by atoms with Crippen molar-refractivity contribution in [3.8, 4) is 5.75 Å². The predicted molar refractivity (Wildman–Crippen MR) is 80.2 cm³/mol. The maximum absolute atomic E-state index is 6.35. The van der Waals surface area contributed by atoms with E-state index >= 15 is 0 Å². The van der Waals surface area contributed by atoms with Crippen LogP contribution in [0.25, 0.3) is 0 Å². The molecule has 0 spiro atoms. The minimum Gasteiger partial charge on any atom is -0.491 e. The van der Waals surface area contributed by atoms with Crippen LogP contribution < -0.4 is 4.74 Å². The van der Waals surface area contributed by atoms with Gasteiger partial charge in [0.1, 0.15) is 5.75 Å². The van der Waals surface area contributed by atoms with Crippen molar-refractivity contribution < 1.29 is 4.74 Å². The summed E-state index contributed by atoms with van der Waals surface area (Å²) in [5.74, 6) is 2.37. The summed E-state index contributed by atoms with van der Waals surface area (Å²) in [6, 6.07) is 4.23. The smallest absolute Gasteiger partial charge is 0.141 e. The highest BCUT2D eigenvalue weighted by Crippen LogP contribution is 2.49. The molecule has 0 radical (unpaired) electrons. The first-order chi connectivity index (χ1) is 8.97. The Hall–Kier alpha value is -0.690. The maximum Gasteiger partial charge on any atom is 0.141 e. The van der Waals surface area contributed by atoms with Crippen LogP contribution in [0.3, 0.4) is 0 Å². The number of hydrogen-bond donors (Lipinski definition) is 0. The zero-order chi connectivity index (χ0) is 13.6. The monoisotopic (exact) mass is 278 g/mol. The Balaban J connectivity index is 1.90. The molecule has 3 rings (SSSR count). The van der Waals surface area contributed by atoms with E-state index in [9.17, 15) is 0 Å². The van der Waals surface area contributed by atoms with Gasteiger partial charge in [0, 0.05) is 0 Å². The average Bonchev–Trinajstić information content (AvgIpc) is 3.03. The lowest BCUT2D eigenvalue weighted by molar-refractivity contribution is 0.297. The van der Waals surface area contributed by atoms with Gasteiger partial charge in [0.05, 0.1) is 11.6 Å². The average molecular weight is 279 g/mol. The molecule has 0 amide bonds. The Bertz CT molecular complexity index is 483. The van der Waals surface area contributed by atoms with Crippen LogP contribution in [-0.4, -0.2) is 6.61 Å². The van der Waals surface area contributed by atoms with Crippen LogP contribution >= 0.6 is 11.6 Å². The number of fused-ring (bicyclic) bond motifs is 1. The molecular weight excluding hydrogens is 256 g/mol. The van der Waals surface area contributed by atoms with E-state index in [-0.39, 0.29) is 0 Å². The predicted octanol–water partition coefficient (Wildman–Crippen LogP) is 5.20. The zero-order valence-electron chi connectivity index (χ0n) is 12.1. The fourth-order valence-corrected chi connectivity index (χ4v) is 3.42. The van der Waals surface area contributed by atoms with E-state index in [1.54, 1.807) is 0 Å². The molecule has 0 saturated heterocycles. The van der Waals surface area contributed by atoms with Gasteiger partial charge in [-0.05, 0) is 60.1 Å². The van der Waals surface area contributed by atoms with Gasteiger partial charge in [0.15, 0.2) is 0 Å². The molecule has 19 heavy (non-hydrogen) atoms. The van der Waals surface area contributed by atoms with Crippen molar-refractivity contribution in [2.75, 3.05) is 6.61 Å². The van der Waals surface area contributed by atoms with Crippen LogP contribution in [0, 0.1) is 11.3 Å². The van der Waals surface area contributed by atoms with Gasteiger partial charge in [-0.2, -0.15) is 0 Å². The van der Waals surface area contributed by atoms with Crippen LogP contribution in [0.1, 0.15) is 57.1 Å². The Morgan fingerprint density at radius 2 is 1.95 bits per heavy atom. The Kier molecular flexibility index (Phi) is 3.29. The number of rotatable bonds is 3. The Morgan fingerprint density at radius 3 is 2.58 bits per heavy atom. The third kappa shape index (κ3) is 2.63. The minimum atomic E-state index is 0.312. The van der Waals surface area contributed by atoms with Gasteiger partial charge in [0.25, 0.3) is 0 Å². The second-order valence-electron chi connectivity index (χ2n) is 7.16. The van der Waals surface area contributed by atoms with Crippen LogP contribution in [0.5, 0.6) is 5.75 Å². The van der Waals surface area contributed by atoms with Gasteiger partial charge in [-0.15, -0.1) is 0 Å². The molecule has 0 N–H and O–H groups in total. The molecule has 2 heteroatoms. The van der Waals surface area contributed by atoms with Gasteiger partial charge in [-0.25, -0.2) is 0 Å². The van der Waals surface area contributed by atoms with Crippen LogP contribution in [0.15, 0.2) is 12.1 Å². The molecule has 1 atom stereocenters. The van der Waals surface area contributed by atoms with Crippen molar-refractivity contribution in [1.29, 1.82) is 0 Å². The highest BCUT2D eigenvalue weighted by atomic mass is 35.5. The van der Waals surface area contributed by atoms with Gasteiger partial charge in [-0.3, -0.25) is 0 Å². The van der Waals surface area contributed by atoms with E-state index in [1.165, 1.54) is 30.4 Å². The van der Waals surface area contributed by atoms with Gasteiger partial charge >= 0.3 is 0 Å². The fourth-order valence-electron chi connectivity index (χ4n) is 3.18. The molecule has 0 heterocycles. The highest BCUT2D eigenvalue weighted by molar-refractivity contribution is 6.32. The van der Waals surface area contributed by atoms with Crippen molar-refractivity contribution in [2.24, 2.45) is 11.3 Å². The molecule has 1 aromatic rings. The molecule has 2 aliphatic rings. The molecule has 2 aliphatic carbocycles. The summed E-state index contributed by atoms with van der Waals surface area (Å²) in [6.07, 6.45) is 4.96. The molecule has 1 fully saturated rings. The van der Waals surface area contributed by atoms with Crippen LogP contribution in [0.4, 0.5) is 0 Å². The first-order valence-corrected chi connectivity index (χ1v) is 7.78. The molecule has 1 nitrogen and oxygen atoms in total. The molecule has 0 aliphatic heterocycles. The third-order valence-electron chi connectivity index (χ3n) is 4.51. The summed E-state index contributed by atoms with van der Waals surface area (Å²) in [7, 11) is 0. The zero-order valence-corrected chi connectivity index (χ0v) is 12.9. The molecule has 0 bridgehead atoms. The van der Waals surface area contributed by atoms with E-state index in [0.29, 0.717) is 11.3 Å². The van der Waals surface area contributed by atoms with E-state index in [0.717, 1.165) is 29.7 Å². The van der Waals surface area contributed by atoms with Crippen molar-refractivity contribution in [1.82, 2.24) is 0 Å². The van der Waals surface area contributed by atoms with Gasteiger partial charge in [-0.1, -0.05) is 38.4 Å². The largest absolute Gasteiger partial charge is 0.491 e. The molecule has 1 unspecified atom stereocenters. The summed E-state index contributed by atoms with van der Waals surface area (Å²) < 4.78 is 6.03. The standard InChI is InChI=1S/C17H23ClO/c1-17(2,3)14-8-6-13-12(14)7-9-15(18)16(13)19-10-11-4-5-11/h7,9,11,14H,4-6,8,10H2,1-3H3. The van der Waals surface area contributed by atoms with Crippen molar-refractivity contribution in [3.63, 3.8) is 0 Å². The Morgan fingerprint density at radius 1 is 1.21 bits per heavy atom. The van der Waals surface area contributed by atoms with E-state index in [4.69, 9.17) is 16.3 Å². The first-order valence-electron chi connectivity index (χ1n) is 7.41. The Labute approximate surface area is 121 Å². The summed E-state index contributed by atoms with van der Waals surface area (Å²) >= 11 is 6.35. The van der Waals surface area contributed by atoms with E-state index in [2.05, 4.69) is 26.8 Å². The third-order valence-corrected chi connectivity index (χ3v) is 4.81. The number of halogens is 1. The second kappa shape index (κ2) is 4.70. The van der Waals surface area contributed by atoms with E-state index in [1.807, 2.05) is 6.07 Å². The lowest BCUT2D eigenvalue weighted by atomic mass is 9.77. The highest BCUT2D eigenvalue weighted by Gasteiger charge is 2.34. The maximum atomic E-state index is 6.35. The number of benzene rings is 1. The summed E-state index contributed by atoms with van der Waals surface area (Å²) in [5, 5.41) is 0.786. The summed E-state index contributed by atoms with van der Waals surface area (Å²) in [6.45, 7) is 7.82. The van der Waals surface area contributed by atoms with E-state index < -0.39 is 0 Å². The quantitative estimate of drug-likeness (QED) is 0.738. The number of hydrogen-bond acceptors (Lipinski definition) is 1. The van der Waals surface area contributed by atoms with Crippen molar-refractivity contribution in [2.45, 2.75) is 52.4 Å². The summed E-state index contributed by atoms with van der Waals surface area (Å²) in [4.78, 5) is 0. The molecular formula is C17H23ClO. The van der Waals surface area contributed by atoms with Gasteiger partial charge < -0.3 is 4.74 Å². The minimum absolute atomic E-state index is 0.312. The molecule has 104 valence electrons. The van der Waals surface area contributed by atoms with Crippen LogP contribution in [0.2, 0.25) is 5.02 Å². The lowest BCUT2D eigenvalue weighted by Gasteiger charge is -2.28. The van der Waals surface area contributed by atoms with Crippen molar-refractivity contribution >= 4 is 11.6 Å². The number of ether oxygens (including phenoxy) is 1. The fraction of sp³-hybridized carbons (Fsp3) is 0.647. The molecule has 0 aromatic heterocycles.